The molecular formula is C46H37N3O. The fourth-order valence-electron chi connectivity index (χ4n) is 7.32. The van der Waals surface area contributed by atoms with Crippen LogP contribution < -0.4 is 0 Å². The number of nitrogens with zero attached hydrogens (tertiary/aromatic N) is 3. The molecular weight excluding hydrogens is 611 g/mol. The zero-order valence-corrected chi connectivity index (χ0v) is 28.1. The molecule has 0 aliphatic heterocycles. The number of hydrogen-bond donors (Lipinski definition) is 0. The van der Waals surface area contributed by atoms with Gasteiger partial charge in [0.05, 0.1) is 0 Å². The zero-order chi connectivity index (χ0) is 33.4. The largest absolute Gasteiger partial charge is 0.455 e. The summed E-state index contributed by atoms with van der Waals surface area (Å²) in [4.78, 5) is 15.5. The maximum atomic E-state index is 6.74. The maximum Gasteiger partial charge on any atom is 0.164 e. The maximum absolute atomic E-state index is 6.74. The van der Waals surface area contributed by atoms with E-state index in [4.69, 9.17) is 19.4 Å². The van der Waals surface area contributed by atoms with Crippen molar-refractivity contribution in [2.75, 3.05) is 0 Å². The lowest BCUT2D eigenvalue weighted by molar-refractivity contribution is 0.670. The summed E-state index contributed by atoms with van der Waals surface area (Å²) in [7, 11) is 0. The molecule has 0 spiro atoms. The molecule has 0 saturated carbocycles. The van der Waals surface area contributed by atoms with Gasteiger partial charge in [-0.25, -0.2) is 15.0 Å². The molecule has 6 aromatic rings. The van der Waals surface area contributed by atoms with Gasteiger partial charge in [-0.3, -0.25) is 0 Å². The van der Waals surface area contributed by atoms with Crippen LogP contribution in [0.25, 0.3) is 66.7 Å². The Morgan fingerprint density at radius 2 is 1.38 bits per heavy atom. The average Bonchev–Trinajstić information content (AvgIpc) is 3.58. The quantitative estimate of drug-likeness (QED) is 0.180. The van der Waals surface area contributed by atoms with Crippen LogP contribution in [0.2, 0.25) is 0 Å². The van der Waals surface area contributed by atoms with Gasteiger partial charge in [0.1, 0.15) is 11.2 Å². The Labute approximate surface area is 292 Å². The van der Waals surface area contributed by atoms with Crippen molar-refractivity contribution in [3.63, 3.8) is 0 Å². The molecule has 3 aliphatic rings. The molecule has 0 saturated heterocycles. The van der Waals surface area contributed by atoms with E-state index < -0.39 is 0 Å². The SMILES string of the molecule is CC1C=CC(C2=CC=C(c3nc(C4=CCCC=C4)nc(-c4cccc5oc6c(-c7ccccc7)cc(-c7ccccc7)cc6c45)n3)CC2)=CC1. The van der Waals surface area contributed by atoms with Gasteiger partial charge in [0.25, 0.3) is 0 Å². The Kier molecular flexibility index (Phi) is 7.77. The predicted octanol–water partition coefficient (Wildman–Crippen LogP) is 12.1. The molecule has 9 rings (SSSR count). The molecule has 4 heteroatoms. The second-order valence-corrected chi connectivity index (χ2v) is 13.5. The van der Waals surface area contributed by atoms with Crippen molar-refractivity contribution >= 4 is 33.1 Å². The highest BCUT2D eigenvalue weighted by Crippen LogP contribution is 2.43. The van der Waals surface area contributed by atoms with E-state index in [2.05, 4.69) is 140 Å². The first-order valence-electron chi connectivity index (χ1n) is 17.7. The normalized spacial score (nSPS) is 17.4. The molecule has 0 bridgehead atoms. The smallest absolute Gasteiger partial charge is 0.164 e. The third-order valence-corrected chi connectivity index (χ3v) is 10.0. The van der Waals surface area contributed by atoms with E-state index in [1.807, 2.05) is 6.07 Å². The Morgan fingerprint density at radius 1 is 0.620 bits per heavy atom. The summed E-state index contributed by atoms with van der Waals surface area (Å²) in [6.07, 6.45) is 23.0. The number of aromatic nitrogens is 3. The van der Waals surface area contributed by atoms with E-state index in [1.54, 1.807) is 0 Å². The van der Waals surface area contributed by atoms with Crippen LogP contribution in [0.4, 0.5) is 0 Å². The van der Waals surface area contributed by atoms with Crippen molar-refractivity contribution in [2.24, 2.45) is 5.92 Å². The van der Waals surface area contributed by atoms with E-state index in [9.17, 15) is 0 Å². The summed E-state index contributed by atoms with van der Waals surface area (Å²) in [6.45, 7) is 2.27. The lowest BCUT2D eigenvalue weighted by Crippen LogP contribution is -2.07. The first kappa shape index (κ1) is 30.2. The molecule has 0 radical (unpaired) electrons. The van der Waals surface area contributed by atoms with Crippen molar-refractivity contribution in [1.29, 1.82) is 0 Å². The highest BCUT2D eigenvalue weighted by atomic mass is 16.3. The van der Waals surface area contributed by atoms with Crippen LogP contribution in [-0.2, 0) is 0 Å². The molecule has 0 fully saturated rings. The van der Waals surface area contributed by atoms with Crippen molar-refractivity contribution in [3.8, 4) is 33.6 Å². The van der Waals surface area contributed by atoms with Gasteiger partial charge in [0.15, 0.2) is 17.5 Å². The molecule has 3 aliphatic carbocycles. The molecule has 4 nitrogen and oxygen atoms in total. The van der Waals surface area contributed by atoms with Crippen LogP contribution in [0.15, 0.2) is 155 Å². The van der Waals surface area contributed by atoms with Gasteiger partial charge in [-0.1, -0.05) is 128 Å². The first-order chi connectivity index (χ1) is 24.7. The molecule has 1 atom stereocenters. The van der Waals surface area contributed by atoms with Gasteiger partial charge in [0.2, 0.25) is 0 Å². The first-order valence-corrected chi connectivity index (χ1v) is 17.7. The zero-order valence-electron chi connectivity index (χ0n) is 28.1. The third-order valence-electron chi connectivity index (χ3n) is 10.0. The highest BCUT2D eigenvalue weighted by Gasteiger charge is 2.22. The van der Waals surface area contributed by atoms with E-state index in [1.165, 1.54) is 11.1 Å². The topological polar surface area (TPSA) is 51.8 Å². The second-order valence-electron chi connectivity index (χ2n) is 13.5. The number of hydrogen-bond acceptors (Lipinski definition) is 4. The van der Waals surface area contributed by atoms with Crippen molar-refractivity contribution in [2.45, 2.75) is 39.0 Å². The van der Waals surface area contributed by atoms with Gasteiger partial charge in [-0.2, -0.15) is 0 Å². The fraction of sp³-hybridized carbons (Fsp3) is 0.152. The predicted molar refractivity (Wildman–Crippen MR) is 206 cm³/mol. The van der Waals surface area contributed by atoms with E-state index in [0.717, 1.165) is 98.8 Å². The van der Waals surface area contributed by atoms with E-state index in [-0.39, 0.29) is 0 Å². The van der Waals surface area contributed by atoms with Crippen LogP contribution in [-0.4, -0.2) is 15.0 Å². The Morgan fingerprint density at radius 3 is 2.12 bits per heavy atom. The van der Waals surface area contributed by atoms with Crippen LogP contribution in [0, 0.1) is 5.92 Å². The minimum atomic E-state index is 0.603. The van der Waals surface area contributed by atoms with E-state index >= 15 is 0 Å². The summed E-state index contributed by atoms with van der Waals surface area (Å²) < 4.78 is 6.74. The van der Waals surface area contributed by atoms with Crippen LogP contribution >= 0.6 is 0 Å². The lowest BCUT2D eigenvalue weighted by atomic mass is 9.88. The summed E-state index contributed by atoms with van der Waals surface area (Å²) >= 11 is 0. The number of benzene rings is 4. The lowest BCUT2D eigenvalue weighted by Gasteiger charge is -2.19. The number of fused-ring (bicyclic) bond motifs is 3. The summed E-state index contributed by atoms with van der Waals surface area (Å²) in [5.74, 6) is 2.71. The number of rotatable bonds is 6. The average molecular weight is 648 g/mol. The molecule has 2 heterocycles. The van der Waals surface area contributed by atoms with E-state index in [0.29, 0.717) is 17.6 Å². The van der Waals surface area contributed by atoms with Gasteiger partial charge in [-0.05, 0) is 89.6 Å². The standard InChI is InChI=1S/C46H37N3O/c1-30-20-22-32(23-21-30)33-24-26-36(27-25-33)45-47-44(35-16-9-4-10-17-35)48-46(49-45)38-18-11-19-41-42(38)40-29-37(31-12-5-2-6-13-31)28-39(43(40)50-41)34-14-7-3-8-15-34/h2-3,5-9,11-20,22-24,26,28-30H,4,10,21,25,27H2,1H3. The van der Waals surface area contributed by atoms with Gasteiger partial charge < -0.3 is 4.42 Å². The fourth-order valence-corrected chi connectivity index (χ4v) is 7.32. The molecule has 0 amide bonds. The van der Waals surface area contributed by atoms with Crippen molar-refractivity contribution < 1.29 is 4.42 Å². The molecule has 0 N–H and O–H groups in total. The summed E-state index contributed by atoms with van der Waals surface area (Å²) in [5.41, 5.74) is 12.0. The Balaban J connectivity index is 1.24. The van der Waals surface area contributed by atoms with Crippen LogP contribution in [0.3, 0.4) is 0 Å². The van der Waals surface area contributed by atoms with Crippen LogP contribution in [0.5, 0.6) is 0 Å². The number of allylic oxidation sites excluding steroid dienone is 12. The molecule has 4 aromatic carbocycles. The molecule has 1 unspecified atom stereocenters. The summed E-state index contributed by atoms with van der Waals surface area (Å²) in [6, 6.07) is 31.8. The molecule has 50 heavy (non-hydrogen) atoms. The van der Waals surface area contributed by atoms with Crippen LogP contribution in [0.1, 0.15) is 50.7 Å². The minimum absolute atomic E-state index is 0.603. The molecule has 242 valence electrons. The van der Waals surface area contributed by atoms with Gasteiger partial charge in [0, 0.05) is 27.5 Å². The Hall–Kier alpha value is -5.87. The Bertz CT molecular complexity index is 2460. The van der Waals surface area contributed by atoms with Gasteiger partial charge >= 0.3 is 0 Å². The monoisotopic (exact) mass is 647 g/mol. The van der Waals surface area contributed by atoms with Crippen molar-refractivity contribution in [1.82, 2.24) is 15.0 Å². The second kappa shape index (κ2) is 12.9. The molecule has 2 aromatic heterocycles. The third kappa shape index (κ3) is 5.67. The minimum Gasteiger partial charge on any atom is -0.455 e. The summed E-state index contributed by atoms with van der Waals surface area (Å²) in [5, 5.41) is 2.06. The van der Waals surface area contributed by atoms with Gasteiger partial charge in [-0.15, -0.1) is 0 Å². The van der Waals surface area contributed by atoms with Crippen molar-refractivity contribution in [3.05, 3.63) is 162 Å². The number of furan rings is 1. The highest BCUT2D eigenvalue weighted by molar-refractivity contribution is 6.16.